The Hall–Kier alpha value is -3.36. The topological polar surface area (TPSA) is 63.1 Å². The molecule has 1 aliphatic heterocycles. The quantitative estimate of drug-likeness (QED) is 0.558. The van der Waals surface area contributed by atoms with Crippen LogP contribution in [0.4, 0.5) is 19.0 Å². The summed E-state index contributed by atoms with van der Waals surface area (Å²) in [6.07, 6.45) is 2.14. The Labute approximate surface area is 196 Å². The van der Waals surface area contributed by atoms with E-state index in [2.05, 4.69) is 15.4 Å². The van der Waals surface area contributed by atoms with Gasteiger partial charge in [0.05, 0.1) is 17.8 Å². The Morgan fingerprint density at radius 2 is 2.06 bits per heavy atom. The number of nitrogens with one attached hydrogen (secondary N) is 1. The Kier molecular flexibility index (Phi) is 6.63. The van der Waals surface area contributed by atoms with Gasteiger partial charge in [-0.25, -0.2) is 4.98 Å². The smallest absolute Gasteiger partial charge is 0.367 e. The van der Waals surface area contributed by atoms with Crippen molar-refractivity contribution in [2.45, 2.75) is 38.9 Å². The number of pyridine rings is 1. The van der Waals surface area contributed by atoms with Gasteiger partial charge >= 0.3 is 6.18 Å². The molecule has 0 bridgehead atoms. The van der Waals surface area contributed by atoms with Gasteiger partial charge in [0.2, 0.25) is 0 Å². The zero-order chi connectivity index (χ0) is 24.5. The molecule has 6 nitrogen and oxygen atoms in total. The lowest BCUT2D eigenvalue weighted by Gasteiger charge is -2.40. The van der Waals surface area contributed by atoms with Gasteiger partial charge in [0.15, 0.2) is 0 Å². The number of hydrogen-bond acceptors (Lipinski definition) is 4. The van der Waals surface area contributed by atoms with Gasteiger partial charge in [0.1, 0.15) is 5.82 Å². The molecule has 0 spiro atoms. The molecule has 2 aromatic heterocycles. The Bertz CT molecular complexity index is 1170. The van der Waals surface area contributed by atoms with Crippen LogP contribution in [-0.2, 0) is 13.2 Å². The van der Waals surface area contributed by atoms with Gasteiger partial charge in [-0.1, -0.05) is 24.6 Å². The van der Waals surface area contributed by atoms with Crippen LogP contribution in [0.25, 0.3) is 11.1 Å². The van der Waals surface area contributed by atoms with E-state index in [0.29, 0.717) is 12.1 Å². The molecule has 1 aliphatic rings. The lowest BCUT2D eigenvalue weighted by atomic mass is 9.89. The zero-order valence-electron chi connectivity index (χ0n) is 19.4. The van der Waals surface area contributed by atoms with Crippen LogP contribution >= 0.6 is 0 Å². The molecule has 0 aliphatic carbocycles. The lowest BCUT2D eigenvalue weighted by Crippen LogP contribution is -2.51. The summed E-state index contributed by atoms with van der Waals surface area (Å²) in [6, 6.07) is 7.75. The first kappa shape index (κ1) is 23.8. The van der Waals surface area contributed by atoms with Crippen LogP contribution in [0.5, 0.6) is 0 Å². The second kappa shape index (κ2) is 9.48. The lowest BCUT2D eigenvalue weighted by molar-refractivity contribution is -0.137. The molecule has 1 aromatic carbocycles. The van der Waals surface area contributed by atoms with E-state index >= 15 is 0 Å². The molecule has 3 aromatic rings. The number of likely N-dealkylation sites (tertiary alicyclic amines) is 1. The van der Waals surface area contributed by atoms with E-state index in [0.717, 1.165) is 35.6 Å². The number of carbonyl (C=O) groups is 1. The number of rotatable bonds is 5. The molecule has 1 fully saturated rings. The van der Waals surface area contributed by atoms with Crippen molar-refractivity contribution in [2.24, 2.45) is 13.0 Å². The number of benzene rings is 1. The van der Waals surface area contributed by atoms with Crippen molar-refractivity contribution in [3.63, 3.8) is 0 Å². The third kappa shape index (κ3) is 4.93. The minimum Gasteiger partial charge on any atom is -0.367 e. The van der Waals surface area contributed by atoms with E-state index in [-0.39, 0.29) is 30.2 Å². The predicted molar refractivity (Wildman–Crippen MR) is 124 cm³/mol. The second-order valence-electron chi connectivity index (χ2n) is 8.92. The molecule has 180 valence electrons. The van der Waals surface area contributed by atoms with Crippen molar-refractivity contribution in [1.29, 1.82) is 0 Å². The largest absolute Gasteiger partial charge is 0.419 e. The third-order valence-corrected chi connectivity index (χ3v) is 6.39. The van der Waals surface area contributed by atoms with E-state index in [1.54, 1.807) is 15.8 Å². The van der Waals surface area contributed by atoms with E-state index in [1.165, 1.54) is 12.3 Å². The highest BCUT2D eigenvalue weighted by atomic mass is 19.4. The highest BCUT2D eigenvalue weighted by Gasteiger charge is 2.36. The van der Waals surface area contributed by atoms with Crippen LogP contribution in [0, 0.1) is 12.8 Å². The minimum atomic E-state index is -4.51. The Morgan fingerprint density at radius 1 is 1.26 bits per heavy atom. The summed E-state index contributed by atoms with van der Waals surface area (Å²) in [4.78, 5) is 19.5. The van der Waals surface area contributed by atoms with Crippen LogP contribution in [0.2, 0.25) is 0 Å². The monoisotopic (exact) mass is 471 g/mol. The van der Waals surface area contributed by atoms with Gasteiger partial charge in [-0.3, -0.25) is 9.48 Å². The molecule has 3 heterocycles. The van der Waals surface area contributed by atoms with Crippen LogP contribution in [0.1, 0.15) is 41.3 Å². The molecule has 34 heavy (non-hydrogen) atoms. The predicted octanol–water partition coefficient (Wildman–Crippen LogP) is 5.16. The van der Waals surface area contributed by atoms with Gasteiger partial charge in [-0.2, -0.15) is 18.3 Å². The van der Waals surface area contributed by atoms with Gasteiger partial charge in [0.25, 0.3) is 5.91 Å². The highest BCUT2D eigenvalue weighted by Crippen LogP contribution is 2.34. The third-order valence-electron chi connectivity index (χ3n) is 6.39. The fourth-order valence-corrected chi connectivity index (χ4v) is 4.59. The molecule has 0 unspecified atom stereocenters. The van der Waals surface area contributed by atoms with Gasteiger partial charge < -0.3 is 10.2 Å². The molecule has 1 saturated heterocycles. The number of alkyl halides is 3. The van der Waals surface area contributed by atoms with Crippen LogP contribution in [-0.4, -0.2) is 44.7 Å². The number of aryl methyl sites for hydroxylation is 2. The van der Waals surface area contributed by atoms with Crippen molar-refractivity contribution >= 4 is 11.7 Å². The minimum absolute atomic E-state index is 0.120. The maximum Gasteiger partial charge on any atom is 0.419 e. The fraction of sp³-hybridized carbons (Fsp3) is 0.400. The maximum atomic E-state index is 13.8. The summed E-state index contributed by atoms with van der Waals surface area (Å²) >= 11 is 0. The molecule has 9 heteroatoms. The number of piperidine rings is 1. The summed E-state index contributed by atoms with van der Waals surface area (Å²) in [5.41, 5.74) is 2.35. The number of hydrogen-bond donors (Lipinski definition) is 1. The molecule has 2 atom stereocenters. The first-order valence-corrected chi connectivity index (χ1v) is 11.3. The molecule has 1 N–H and O–H groups in total. The maximum absolute atomic E-state index is 13.8. The molecule has 4 rings (SSSR count). The standard InChI is InChI=1S/C25H28F3N5O/c1-16-8-9-19(18-13-31-32(3)15-18)20(12-16)24(34)33-11-5-6-17(2)22(33)14-30-23-21(25(26,27)28)7-4-10-29-23/h4,7-10,12-13,15,17,22H,5-6,11,14H2,1-3H3,(H,29,30)/t17-,22-/m1/s1. The van der Waals surface area contributed by atoms with Crippen LogP contribution in [0.15, 0.2) is 48.9 Å². The van der Waals surface area contributed by atoms with Gasteiger partial charge in [-0.05, 0) is 49.4 Å². The van der Waals surface area contributed by atoms with Gasteiger partial charge in [-0.15, -0.1) is 0 Å². The van der Waals surface area contributed by atoms with Crippen molar-refractivity contribution in [3.8, 4) is 11.1 Å². The number of anilines is 1. The normalized spacial score (nSPS) is 18.7. The molecule has 0 saturated carbocycles. The van der Waals surface area contributed by atoms with Crippen molar-refractivity contribution in [3.05, 3.63) is 65.6 Å². The number of nitrogens with zero attached hydrogens (tertiary/aromatic N) is 4. The summed E-state index contributed by atoms with van der Waals surface area (Å²) in [6.45, 7) is 4.69. The van der Waals surface area contributed by atoms with E-state index in [4.69, 9.17) is 0 Å². The summed E-state index contributed by atoms with van der Waals surface area (Å²) in [5, 5.41) is 7.11. The Balaban J connectivity index is 1.63. The summed E-state index contributed by atoms with van der Waals surface area (Å²) < 4.78 is 41.9. The number of halogens is 3. The van der Waals surface area contributed by atoms with Crippen molar-refractivity contribution in [1.82, 2.24) is 19.7 Å². The second-order valence-corrected chi connectivity index (χ2v) is 8.92. The molecular formula is C25H28F3N5O. The van der Waals surface area contributed by atoms with Crippen LogP contribution < -0.4 is 5.32 Å². The summed E-state index contributed by atoms with van der Waals surface area (Å²) in [5.74, 6) is -0.223. The highest BCUT2D eigenvalue weighted by molar-refractivity contribution is 6.01. The first-order valence-electron chi connectivity index (χ1n) is 11.3. The zero-order valence-corrected chi connectivity index (χ0v) is 19.4. The van der Waals surface area contributed by atoms with Crippen LogP contribution in [0.3, 0.4) is 0 Å². The SMILES string of the molecule is Cc1ccc(-c2cnn(C)c2)c(C(=O)N2CCC[C@@H](C)[C@H]2CNc2ncccc2C(F)(F)F)c1. The number of amides is 1. The average molecular weight is 472 g/mol. The van der Waals surface area contributed by atoms with E-state index in [9.17, 15) is 18.0 Å². The first-order chi connectivity index (χ1) is 16.1. The summed E-state index contributed by atoms with van der Waals surface area (Å²) in [7, 11) is 1.82. The van der Waals surface area contributed by atoms with E-state index in [1.807, 2.05) is 45.3 Å². The van der Waals surface area contributed by atoms with Gasteiger partial charge in [0, 0.05) is 43.7 Å². The Morgan fingerprint density at radius 3 is 2.76 bits per heavy atom. The fourth-order valence-electron chi connectivity index (χ4n) is 4.59. The van der Waals surface area contributed by atoms with Crippen molar-refractivity contribution in [2.75, 3.05) is 18.4 Å². The number of carbonyl (C=O) groups excluding carboxylic acids is 1. The number of aromatic nitrogens is 3. The van der Waals surface area contributed by atoms with E-state index < -0.39 is 11.7 Å². The van der Waals surface area contributed by atoms with Crippen molar-refractivity contribution < 1.29 is 18.0 Å². The average Bonchev–Trinajstić information content (AvgIpc) is 3.23. The molecular weight excluding hydrogens is 443 g/mol. The molecule has 0 radical (unpaired) electrons. The molecule has 1 amide bonds.